The Hall–Kier alpha value is -4.00. The highest BCUT2D eigenvalue weighted by Crippen LogP contribution is 2.34. The van der Waals surface area contributed by atoms with Crippen molar-refractivity contribution >= 4 is 32.1 Å². The Morgan fingerprint density at radius 3 is 2.30 bits per heavy atom. The van der Waals surface area contributed by atoms with Crippen molar-refractivity contribution < 1.29 is 4.74 Å². The molecule has 4 aromatic rings. The van der Waals surface area contributed by atoms with Crippen molar-refractivity contribution in [3.05, 3.63) is 64.8 Å². The summed E-state index contributed by atoms with van der Waals surface area (Å²) in [5.74, 6) is 1.31. The maximum atomic E-state index is 9.17. The quantitative estimate of drug-likeness (QED) is 0.495. The highest BCUT2D eigenvalue weighted by Gasteiger charge is 2.16. The first kappa shape index (κ1) is 19.3. The first-order valence-electron chi connectivity index (χ1n) is 8.95. The van der Waals surface area contributed by atoms with Gasteiger partial charge in [-0.3, -0.25) is 0 Å². The minimum Gasteiger partial charge on any atom is -0.437 e. The Labute approximate surface area is 175 Å². The SMILES string of the molecule is Cc1cc(C#N)cc(C)c1Oc1nc(Nc2ccc(C#N)cc2)nc2c1cnn2P. The molecule has 1 N–H and O–H groups in total. The zero-order valence-electron chi connectivity index (χ0n) is 16.2. The van der Waals surface area contributed by atoms with Crippen LogP contribution in [-0.4, -0.2) is 19.5 Å². The van der Waals surface area contributed by atoms with E-state index in [-0.39, 0.29) is 0 Å². The van der Waals surface area contributed by atoms with Gasteiger partial charge in [-0.25, -0.2) is 4.45 Å². The largest absolute Gasteiger partial charge is 0.437 e. The molecule has 146 valence electrons. The van der Waals surface area contributed by atoms with Gasteiger partial charge in [0.1, 0.15) is 11.1 Å². The van der Waals surface area contributed by atoms with Crippen LogP contribution in [0, 0.1) is 36.5 Å². The van der Waals surface area contributed by atoms with E-state index in [0.29, 0.717) is 39.7 Å². The number of aromatic nitrogens is 4. The number of benzene rings is 2. The van der Waals surface area contributed by atoms with Gasteiger partial charge in [0, 0.05) is 5.69 Å². The molecule has 2 heterocycles. The van der Waals surface area contributed by atoms with Gasteiger partial charge in [0.25, 0.3) is 0 Å². The molecule has 0 saturated heterocycles. The number of anilines is 2. The number of fused-ring (bicyclic) bond motifs is 1. The Balaban J connectivity index is 1.76. The summed E-state index contributed by atoms with van der Waals surface area (Å²) in [4.78, 5) is 9.05. The van der Waals surface area contributed by atoms with E-state index in [0.717, 1.165) is 16.8 Å². The molecule has 0 aliphatic heterocycles. The van der Waals surface area contributed by atoms with E-state index in [2.05, 4.69) is 41.9 Å². The van der Waals surface area contributed by atoms with Crippen LogP contribution in [0.25, 0.3) is 11.0 Å². The van der Waals surface area contributed by atoms with Crippen molar-refractivity contribution in [2.24, 2.45) is 0 Å². The fourth-order valence-corrected chi connectivity index (χ4v) is 3.33. The maximum absolute atomic E-state index is 9.17. The van der Waals surface area contributed by atoms with Crippen molar-refractivity contribution in [1.29, 1.82) is 10.5 Å². The van der Waals surface area contributed by atoms with Crippen LogP contribution in [0.3, 0.4) is 0 Å². The minimum atomic E-state index is 0.329. The van der Waals surface area contributed by atoms with Crippen molar-refractivity contribution in [3.8, 4) is 23.8 Å². The zero-order chi connectivity index (χ0) is 21.3. The minimum absolute atomic E-state index is 0.329. The molecule has 0 saturated carbocycles. The van der Waals surface area contributed by atoms with Crippen molar-refractivity contribution in [1.82, 2.24) is 19.5 Å². The van der Waals surface area contributed by atoms with E-state index in [4.69, 9.17) is 15.3 Å². The molecule has 9 heteroatoms. The molecule has 1 atom stereocenters. The molecule has 30 heavy (non-hydrogen) atoms. The number of nitrogens with one attached hydrogen (secondary N) is 1. The predicted molar refractivity (Wildman–Crippen MR) is 116 cm³/mol. The normalized spacial score (nSPS) is 10.4. The van der Waals surface area contributed by atoms with Crippen LogP contribution >= 0.6 is 9.39 Å². The summed E-state index contributed by atoms with van der Waals surface area (Å²) in [6, 6.07) is 14.8. The summed E-state index contributed by atoms with van der Waals surface area (Å²) in [5.41, 5.74) is 4.11. The lowest BCUT2D eigenvalue weighted by molar-refractivity contribution is 0.462. The van der Waals surface area contributed by atoms with Gasteiger partial charge in [0.05, 0.1) is 29.5 Å². The third kappa shape index (κ3) is 3.65. The molecule has 2 aromatic heterocycles. The molecule has 2 aromatic carbocycles. The molecule has 4 rings (SSSR count). The molecule has 0 amide bonds. The number of nitrogens with zero attached hydrogens (tertiary/aromatic N) is 6. The Bertz CT molecular complexity index is 1320. The van der Waals surface area contributed by atoms with Crippen molar-refractivity contribution in [2.45, 2.75) is 13.8 Å². The molecule has 0 aliphatic carbocycles. The first-order chi connectivity index (χ1) is 14.5. The van der Waals surface area contributed by atoms with Gasteiger partial charge in [-0.2, -0.15) is 25.6 Å². The van der Waals surface area contributed by atoms with E-state index >= 15 is 0 Å². The third-order valence-corrected chi connectivity index (χ3v) is 4.86. The van der Waals surface area contributed by atoms with Crippen LogP contribution < -0.4 is 10.1 Å². The lowest BCUT2D eigenvalue weighted by Crippen LogP contribution is -2.02. The molecule has 1 unspecified atom stereocenters. The second-order valence-corrected chi connectivity index (χ2v) is 7.14. The van der Waals surface area contributed by atoms with Gasteiger partial charge in [-0.1, -0.05) is 0 Å². The molecule has 0 aliphatic rings. The molecule has 0 bridgehead atoms. The molecular weight excluding hydrogens is 397 g/mol. The first-order valence-corrected chi connectivity index (χ1v) is 9.47. The van der Waals surface area contributed by atoms with Crippen LogP contribution in [0.15, 0.2) is 42.6 Å². The van der Waals surface area contributed by atoms with Crippen molar-refractivity contribution in [2.75, 3.05) is 5.32 Å². The Morgan fingerprint density at radius 1 is 1.00 bits per heavy atom. The standard InChI is InChI=1S/C21H16N7OP/c1-12-7-15(10-23)8-13(2)18(12)29-20-17-11-24-28(30)19(17)26-21(27-20)25-16-5-3-14(9-22)4-6-16/h3-8,11H,30H2,1-2H3,(H,25,26,27). The van der Waals surface area contributed by atoms with E-state index < -0.39 is 0 Å². The monoisotopic (exact) mass is 413 g/mol. The number of rotatable bonds is 4. The lowest BCUT2D eigenvalue weighted by atomic mass is 10.1. The fraction of sp³-hybridized carbons (Fsp3) is 0.0952. The second-order valence-electron chi connectivity index (χ2n) is 6.65. The van der Waals surface area contributed by atoms with Gasteiger partial charge >= 0.3 is 0 Å². The summed E-state index contributed by atoms with van der Waals surface area (Å²) in [7, 11) is 2.48. The highest BCUT2D eigenvalue weighted by molar-refractivity contribution is 7.14. The number of aryl methyl sites for hydroxylation is 2. The molecule has 0 fully saturated rings. The second kappa shape index (κ2) is 7.79. The van der Waals surface area contributed by atoms with Gasteiger partial charge < -0.3 is 10.1 Å². The number of hydrogen-bond donors (Lipinski definition) is 1. The summed E-state index contributed by atoms with van der Waals surface area (Å²) in [6.07, 6.45) is 1.64. The smallest absolute Gasteiger partial charge is 0.235 e. The summed E-state index contributed by atoms with van der Waals surface area (Å²) in [5, 5.41) is 26.1. The molecule has 0 radical (unpaired) electrons. The van der Waals surface area contributed by atoms with E-state index in [1.54, 1.807) is 47.0 Å². The lowest BCUT2D eigenvalue weighted by Gasteiger charge is -2.13. The van der Waals surface area contributed by atoms with E-state index in [1.807, 2.05) is 13.8 Å². The Kier molecular flexibility index (Phi) is 5.02. The summed E-state index contributed by atoms with van der Waals surface area (Å²) >= 11 is 0. The summed E-state index contributed by atoms with van der Waals surface area (Å²) < 4.78 is 7.74. The number of hydrogen-bond acceptors (Lipinski definition) is 7. The molecule has 8 nitrogen and oxygen atoms in total. The van der Waals surface area contributed by atoms with Crippen LogP contribution in [-0.2, 0) is 0 Å². The molecule has 0 spiro atoms. The van der Waals surface area contributed by atoms with E-state index in [9.17, 15) is 0 Å². The summed E-state index contributed by atoms with van der Waals surface area (Å²) in [6.45, 7) is 3.77. The third-order valence-electron chi connectivity index (χ3n) is 4.48. The van der Waals surface area contributed by atoms with Gasteiger partial charge in [-0.05, 0) is 70.8 Å². The number of ether oxygens (including phenoxy) is 1. The zero-order valence-corrected chi connectivity index (χ0v) is 17.4. The topological polar surface area (TPSA) is 112 Å². The average Bonchev–Trinajstić information content (AvgIpc) is 3.12. The predicted octanol–water partition coefficient (Wildman–Crippen LogP) is 4.36. The van der Waals surface area contributed by atoms with Gasteiger partial charge in [-0.15, -0.1) is 0 Å². The number of nitriles is 2. The van der Waals surface area contributed by atoms with Crippen LogP contribution in [0.4, 0.5) is 11.6 Å². The maximum Gasteiger partial charge on any atom is 0.235 e. The Morgan fingerprint density at radius 2 is 1.67 bits per heavy atom. The van der Waals surface area contributed by atoms with Gasteiger partial charge in [0.15, 0.2) is 5.65 Å². The van der Waals surface area contributed by atoms with Crippen LogP contribution in [0.1, 0.15) is 22.3 Å². The molecular formula is C21H16N7OP. The van der Waals surface area contributed by atoms with Crippen molar-refractivity contribution in [3.63, 3.8) is 0 Å². The van der Waals surface area contributed by atoms with Crippen LogP contribution in [0.5, 0.6) is 11.6 Å². The van der Waals surface area contributed by atoms with E-state index in [1.165, 1.54) is 0 Å². The fourth-order valence-electron chi connectivity index (χ4n) is 3.06. The van der Waals surface area contributed by atoms with Crippen LogP contribution in [0.2, 0.25) is 0 Å². The highest BCUT2D eigenvalue weighted by atomic mass is 31.0. The van der Waals surface area contributed by atoms with Gasteiger partial charge in [0.2, 0.25) is 11.8 Å². The average molecular weight is 413 g/mol.